The lowest BCUT2D eigenvalue weighted by Crippen LogP contribution is -2.54. The van der Waals surface area contributed by atoms with Crippen LogP contribution < -0.4 is 10.5 Å². The molecule has 14 heteroatoms. The number of halogens is 5. The summed E-state index contributed by atoms with van der Waals surface area (Å²) in [5.74, 6) is -5.01. The van der Waals surface area contributed by atoms with E-state index >= 15 is 0 Å². The Labute approximate surface area is 278 Å². The van der Waals surface area contributed by atoms with E-state index in [2.05, 4.69) is 17.6 Å². The van der Waals surface area contributed by atoms with Gasteiger partial charge in [-0.05, 0) is 25.0 Å². The Morgan fingerprint density at radius 1 is 1.20 bits per heavy atom. The molecule has 0 saturated carbocycles. The molecule has 2 unspecified atom stereocenters. The van der Waals surface area contributed by atoms with Crippen LogP contribution in [0.15, 0.2) is 40.8 Å². The van der Waals surface area contributed by atoms with Crippen molar-refractivity contribution in [3.05, 3.63) is 73.6 Å². The maximum atomic E-state index is 14.8. The number of amides is 1. The Morgan fingerprint density at radius 2 is 1.89 bits per heavy atom. The molecule has 0 radical (unpaired) electrons. The van der Waals surface area contributed by atoms with Crippen molar-refractivity contribution in [3.8, 4) is 23.1 Å². The Hall–Kier alpha value is -3.98. The van der Waals surface area contributed by atoms with E-state index in [0.29, 0.717) is 11.1 Å². The van der Waals surface area contributed by atoms with Gasteiger partial charge in [0.1, 0.15) is 17.3 Å². The molecular formula is C32H29Cl3F2N6O3. The van der Waals surface area contributed by atoms with Crippen LogP contribution >= 0.6 is 34.8 Å². The molecule has 0 aliphatic carbocycles. The van der Waals surface area contributed by atoms with Gasteiger partial charge in [-0.25, -0.2) is 9.37 Å². The molecule has 0 spiro atoms. The highest BCUT2D eigenvalue weighted by Gasteiger charge is 2.36. The van der Waals surface area contributed by atoms with E-state index in [1.807, 2.05) is 38.7 Å². The summed E-state index contributed by atoms with van der Waals surface area (Å²) >= 11 is 19.0. The number of nitriles is 1. The average molecular weight is 690 g/mol. The van der Waals surface area contributed by atoms with Crippen LogP contribution in [0.5, 0.6) is 5.75 Å². The van der Waals surface area contributed by atoms with Gasteiger partial charge < -0.3 is 14.9 Å². The van der Waals surface area contributed by atoms with E-state index in [1.165, 1.54) is 16.7 Å². The number of hydrogen-bond acceptors (Lipinski definition) is 7. The van der Waals surface area contributed by atoms with Gasteiger partial charge in [-0.2, -0.15) is 9.65 Å². The van der Waals surface area contributed by atoms with Crippen LogP contribution in [0, 0.1) is 34.8 Å². The molecule has 1 aromatic carbocycles. The third kappa shape index (κ3) is 5.32. The highest BCUT2D eigenvalue weighted by molar-refractivity contribution is 6.44. The molecule has 3 atom stereocenters. The van der Waals surface area contributed by atoms with Gasteiger partial charge in [0.15, 0.2) is 11.6 Å². The third-order valence-electron chi connectivity index (χ3n) is 8.39. The van der Waals surface area contributed by atoms with Gasteiger partial charge in [-0.3, -0.25) is 19.1 Å². The number of nitrogens with zero attached hydrogens (tertiary/aromatic N) is 6. The second-order valence-electron chi connectivity index (χ2n) is 11.6. The summed E-state index contributed by atoms with van der Waals surface area (Å²) in [6, 6.07) is 2.52. The van der Waals surface area contributed by atoms with E-state index < -0.39 is 44.6 Å². The molecule has 0 bridgehead atoms. The summed E-state index contributed by atoms with van der Waals surface area (Å²) in [5.41, 5.74) is -0.641. The largest absolute Gasteiger partial charge is 0.504 e. The molecule has 9 nitrogen and oxygen atoms in total. The lowest BCUT2D eigenvalue weighted by Gasteiger charge is -2.41. The lowest BCUT2D eigenvalue weighted by molar-refractivity contribution is -0.128. The van der Waals surface area contributed by atoms with Crippen molar-refractivity contribution in [1.29, 1.82) is 5.26 Å². The van der Waals surface area contributed by atoms with Crippen LogP contribution in [0.2, 0.25) is 15.1 Å². The average Bonchev–Trinajstić information content (AvgIpc) is 3.02. The molecule has 5 rings (SSSR count). The number of benzene rings is 1. The molecule has 1 fully saturated rings. The SMILES string of the molecule is C=CC(=O)N1CCN(c2c(C#N)c(=O)n(C3C(C(C)C)=NC=CC3C)c3nc(-c4c(O)c(F)c(F)c(Cl)c4Cl)c(Cl)cc23)C[C@H]1C. The molecule has 4 heterocycles. The molecule has 1 amide bonds. The second kappa shape index (κ2) is 12.7. The highest BCUT2D eigenvalue weighted by atomic mass is 35.5. The van der Waals surface area contributed by atoms with Crippen molar-refractivity contribution in [3.63, 3.8) is 0 Å². The number of aromatic nitrogens is 2. The summed E-state index contributed by atoms with van der Waals surface area (Å²) in [7, 11) is 0. The van der Waals surface area contributed by atoms with Crippen LogP contribution in [-0.4, -0.2) is 56.9 Å². The van der Waals surface area contributed by atoms with E-state index in [1.54, 1.807) is 11.1 Å². The third-order valence-corrected chi connectivity index (χ3v) is 9.50. The summed E-state index contributed by atoms with van der Waals surface area (Å²) < 4.78 is 30.5. The lowest BCUT2D eigenvalue weighted by atomic mass is 9.88. The zero-order valence-corrected chi connectivity index (χ0v) is 27.6. The molecular weight excluding hydrogens is 661 g/mol. The minimum absolute atomic E-state index is 0.0347. The minimum atomic E-state index is -1.65. The number of rotatable bonds is 5. The maximum Gasteiger partial charge on any atom is 0.272 e. The number of hydrogen-bond donors (Lipinski definition) is 1. The van der Waals surface area contributed by atoms with Crippen molar-refractivity contribution in [2.75, 3.05) is 24.5 Å². The molecule has 2 aromatic heterocycles. The van der Waals surface area contributed by atoms with E-state index in [4.69, 9.17) is 39.8 Å². The number of carbonyl (C=O) groups excluding carboxylic acids is 1. The Bertz CT molecular complexity index is 1940. The van der Waals surface area contributed by atoms with Gasteiger partial charge in [0.05, 0.1) is 38.1 Å². The van der Waals surface area contributed by atoms with Crippen molar-refractivity contribution >= 4 is 63.1 Å². The predicted octanol–water partition coefficient (Wildman–Crippen LogP) is 6.90. The fourth-order valence-electron chi connectivity index (χ4n) is 6.17. The summed E-state index contributed by atoms with van der Waals surface area (Å²) in [6.07, 6.45) is 4.71. The van der Waals surface area contributed by atoms with Crippen LogP contribution in [-0.2, 0) is 4.79 Å². The van der Waals surface area contributed by atoms with Crippen LogP contribution in [0.1, 0.15) is 39.3 Å². The van der Waals surface area contributed by atoms with Crippen molar-refractivity contribution in [2.45, 2.75) is 39.8 Å². The number of aromatic hydroxyl groups is 1. The van der Waals surface area contributed by atoms with Gasteiger partial charge in [0, 0.05) is 48.9 Å². The van der Waals surface area contributed by atoms with Gasteiger partial charge in [0.2, 0.25) is 11.7 Å². The molecule has 3 aromatic rings. The maximum absolute atomic E-state index is 14.8. The van der Waals surface area contributed by atoms with Gasteiger partial charge in [-0.1, -0.05) is 68.2 Å². The van der Waals surface area contributed by atoms with Crippen LogP contribution in [0.3, 0.4) is 0 Å². The molecule has 2 aliphatic heterocycles. The van der Waals surface area contributed by atoms with E-state index in [0.717, 1.165) is 0 Å². The Morgan fingerprint density at radius 3 is 2.50 bits per heavy atom. The van der Waals surface area contributed by atoms with Crippen molar-refractivity contribution < 1.29 is 18.7 Å². The molecule has 240 valence electrons. The van der Waals surface area contributed by atoms with E-state index in [9.17, 15) is 28.7 Å². The fourth-order valence-corrected chi connectivity index (χ4v) is 6.85. The minimum Gasteiger partial charge on any atom is -0.504 e. The monoisotopic (exact) mass is 688 g/mol. The first kappa shape index (κ1) is 33.4. The number of aliphatic imine (C=N–C) groups is 1. The molecule has 1 N–H and O–H groups in total. The molecule has 46 heavy (non-hydrogen) atoms. The summed E-state index contributed by atoms with van der Waals surface area (Å²) in [4.78, 5) is 39.6. The second-order valence-corrected chi connectivity index (χ2v) is 12.7. The van der Waals surface area contributed by atoms with Gasteiger partial charge in [0.25, 0.3) is 5.56 Å². The standard InChI is InChI=1S/C32H29Cl3F2N6O3/c1-6-20(44)42-10-9-41(13-16(42)5)29-17-11-19(33)27(21-22(34)23(35)24(36)25(37)30(21)45)40-31(17)43(32(46)18(29)12-38)28-15(4)7-8-39-26(28)14(2)3/h6-8,11,14-16,28,45H,1,9-10,13H2,2-5H3/t15?,16-,28?/m1/s1. The normalized spacial score (nSPS) is 19.8. The summed E-state index contributed by atoms with van der Waals surface area (Å²) in [6.45, 7) is 12.0. The van der Waals surface area contributed by atoms with Gasteiger partial charge in [-0.15, -0.1) is 0 Å². The highest BCUT2D eigenvalue weighted by Crippen LogP contribution is 2.47. The smallest absolute Gasteiger partial charge is 0.272 e. The first-order valence-corrected chi connectivity index (χ1v) is 15.5. The zero-order valence-electron chi connectivity index (χ0n) is 25.3. The zero-order chi connectivity index (χ0) is 33.8. The van der Waals surface area contributed by atoms with E-state index in [-0.39, 0.29) is 71.0 Å². The number of carbonyl (C=O) groups is 1. The fraction of sp³-hybridized carbons (Fsp3) is 0.344. The Balaban J connectivity index is 1.89. The first-order valence-electron chi connectivity index (χ1n) is 14.4. The number of phenols is 1. The molecule has 2 aliphatic rings. The molecule has 1 saturated heterocycles. The number of allylic oxidation sites excluding steroid dienone is 1. The first-order chi connectivity index (χ1) is 21.7. The van der Waals surface area contributed by atoms with Crippen molar-refractivity contribution in [1.82, 2.24) is 14.5 Å². The number of piperazine rings is 1. The number of pyridine rings is 2. The quantitative estimate of drug-likeness (QED) is 0.177. The van der Waals surface area contributed by atoms with Gasteiger partial charge >= 0.3 is 0 Å². The van der Waals surface area contributed by atoms with Crippen molar-refractivity contribution in [2.24, 2.45) is 16.8 Å². The Kier molecular flexibility index (Phi) is 9.19. The summed E-state index contributed by atoms with van der Waals surface area (Å²) in [5, 5.41) is 20.0. The topological polar surface area (TPSA) is 115 Å². The number of anilines is 1. The number of fused-ring (bicyclic) bond motifs is 1. The predicted molar refractivity (Wildman–Crippen MR) is 176 cm³/mol. The number of phenolic OH excluding ortho intramolecular Hbond substituents is 1. The van der Waals surface area contributed by atoms with Crippen LogP contribution in [0.4, 0.5) is 14.5 Å². The van der Waals surface area contributed by atoms with Crippen LogP contribution in [0.25, 0.3) is 22.3 Å².